The van der Waals surface area contributed by atoms with Crippen molar-refractivity contribution in [2.75, 3.05) is 7.05 Å². The van der Waals surface area contributed by atoms with Gasteiger partial charge in [0.15, 0.2) is 0 Å². The molecule has 0 heterocycles. The van der Waals surface area contributed by atoms with Crippen molar-refractivity contribution in [2.24, 2.45) is 5.41 Å². The summed E-state index contributed by atoms with van der Waals surface area (Å²) >= 11 is 3.43. The van der Waals surface area contributed by atoms with Crippen molar-refractivity contribution in [1.82, 2.24) is 10.2 Å². The molecule has 7 heteroatoms. The van der Waals surface area contributed by atoms with Crippen molar-refractivity contribution < 1.29 is 18.4 Å². The van der Waals surface area contributed by atoms with E-state index in [4.69, 9.17) is 0 Å². The number of alkyl halides is 2. The number of hydrogen-bond acceptors (Lipinski definition) is 2. The minimum Gasteiger partial charge on any atom is -0.330 e. The average Bonchev–Trinajstić information content (AvgIpc) is 2.83. The van der Waals surface area contributed by atoms with Gasteiger partial charge in [0.25, 0.3) is 0 Å². The summed E-state index contributed by atoms with van der Waals surface area (Å²) in [6.07, 6.45) is 1.47. The van der Waals surface area contributed by atoms with Crippen molar-refractivity contribution in [3.8, 4) is 0 Å². The van der Waals surface area contributed by atoms with Gasteiger partial charge in [-0.3, -0.25) is 9.69 Å². The lowest BCUT2D eigenvalue weighted by molar-refractivity contribution is -0.114. The smallest absolute Gasteiger partial charge is 0.324 e. The van der Waals surface area contributed by atoms with Crippen LogP contribution in [0.4, 0.5) is 13.6 Å². The van der Waals surface area contributed by atoms with Gasteiger partial charge in [-0.1, -0.05) is 22.0 Å². The van der Waals surface area contributed by atoms with E-state index in [9.17, 15) is 18.4 Å². The number of benzene rings is 1. The molecular formula is C17H19BrF2N2O2. The maximum Gasteiger partial charge on any atom is 0.324 e. The summed E-state index contributed by atoms with van der Waals surface area (Å²) in [4.78, 5) is 24.0. The molecule has 0 bridgehead atoms. The fourth-order valence-electron chi connectivity index (χ4n) is 3.89. The van der Waals surface area contributed by atoms with E-state index in [1.807, 2.05) is 18.2 Å². The second-order valence-corrected chi connectivity index (χ2v) is 7.75. The first-order valence-electron chi connectivity index (χ1n) is 7.91. The third-order valence-electron chi connectivity index (χ3n) is 5.30. The highest BCUT2D eigenvalue weighted by Crippen LogP contribution is 2.56. The van der Waals surface area contributed by atoms with E-state index in [-0.39, 0.29) is 18.9 Å². The number of rotatable bonds is 2. The van der Waals surface area contributed by atoms with Crippen molar-refractivity contribution in [3.05, 3.63) is 33.8 Å². The number of carbonyl (C=O) groups is 2. The van der Waals surface area contributed by atoms with E-state index in [1.54, 1.807) is 0 Å². The Hall–Kier alpha value is -1.50. The number of imide groups is 1. The monoisotopic (exact) mass is 400 g/mol. The second-order valence-electron chi connectivity index (χ2n) is 6.84. The van der Waals surface area contributed by atoms with Gasteiger partial charge >= 0.3 is 6.03 Å². The van der Waals surface area contributed by atoms with Crippen LogP contribution in [0.15, 0.2) is 22.7 Å². The highest BCUT2D eigenvalue weighted by atomic mass is 79.9. The van der Waals surface area contributed by atoms with E-state index in [1.165, 1.54) is 7.05 Å². The van der Waals surface area contributed by atoms with E-state index in [2.05, 4.69) is 21.2 Å². The third-order valence-corrected chi connectivity index (χ3v) is 5.79. The van der Waals surface area contributed by atoms with Crippen molar-refractivity contribution in [2.45, 2.75) is 44.1 Å². The molecule has 1 fully saturated rings. The van der Waals surface area contributed by atoms with Gasteiger partial charge in [0.1, 0.15) is 0 Å². The average molecular weight is 401 g/mol. The first-order valence-corrected chi connectivity index (χ1v) is 8.70. The van der Waals surface area contributed by atoms with Crippen LogP contribution in [0.5, 0.6) is 0 Å². The van der Waals surface area contributed by atoms with E-state index in [0.29, 0.717) is 25.7 Å². The number of amides is 3. The Morgan fingerprint density at radius 1 is 1.33 bits per heavy atom. The number of nitrogens with one attached hydrogen (secondary N) is 1. The Balaban J connectivity index is 1.94. The lowest BCUT2D eigenvalue weighted by atomic mass is 9.68. The zero-order valence-corrected chi connectivity index (χ0v) is 14.9. The molecule has 24 heavy (non-hydrogen) atoms. The molecule has 1 aromatic rings. The van der Waals surface area contributed by atoms with Crippen LogP contribution >= 0.6 is 15.9 Å². The molecule has 3 rings (SSSR count). The fourth-order valence-corrected chi connectivity index (χ4v) is 4.27. The summed E-state index contributed by atoms with van der Waals surface area (Å²) in [6, 6.07) is 4.95. The number of nitrogens with zero attached hydrogens (tertiary/aromatic N) is 1. The van der Waals surface area contributed by atoms with E-state index in [0.717, 1.165) is 20.5 Å². The van der Waals surface area contributed by atoms with Gasteiger partial charge in [-0.15, -0.1) is 0 Å². The zero-order chi connectivity index (χ0) is 17.5. The molecule has 1 saturated carbocycles. The van der Waals surface area contributed by atoms with Crippen molar-refractivity contribution >= 4 is 28.4 Å². The minimum absolute atomic E-state index is 0.169. The van der Waals surface area contributed by atoms with Crippen LogP contribution in [-0.4, -0.2) is 30.3 Å². The lowest BCUT2D eigenvalue weighted by Crippen LogP contribution is -2.46. The van der Waals surface area contributed by atoms with Crippen LogP contribution in [-0.2, 0) is 11.2 Å². The molecular weight excluding hydrogens is 382 g/mol. The van der Waals surface area contributed by atoms with Crippen LogP contribution in [0.2, 0.25) is 0 Å². The van der Waals surface area contributed by atoms with Gasteiger partial charge in [-0.05, 0) is 47.9 Å². The van der Waals surface area contributed by atoms with E-state index < -0.39 is 17.4 Å². The van der Waals surface area contributed by atoms with Crippen molar-refractivity contribution in [3.63, 3.8) is 0 Å². The number of halogens is 3. The Labute approximate surface area is 147 Å². The first-order chi connectivity index (χ1) is 11.3. The summed E-state index contributed by atoms with van der Waals surface area (Å²) < 4.78 is 28.2. The number of fused-ring (bicyclic) bond motifs is 1. The normalized spacial score (nSPS) is 23.6. The standard InChI is InChI=1S/C17H19BrF2N2O2/c1-22(10-23)15(24)21-14-13-8-12(18)3-2-11(13)9-16(14)4-6-17(19,20)7-5-16/h2-3,8,10,14H,4-7,9H2,1H3,(H,21,24). The summed E-state index contributed by atoms with van der Waals surface area (Å²) in [5, 5.41) is 2.89. The summed E-state index contributed by atoms with van der Waals surface area (Å²) in [7, 11) is 1.38. The minimum atomic E-state index is -2.63. The van der Waals surface area contributed by atoms with Crippen LogP contribution < -0.4 is 5.32 Å². The molecule has 2 aliphatic carbocycles. The van der Waals surface area contributed by atoms with Crippen LogP contribution in [0.25, 0.3) is 0 Å². The molecule has 4 nitrogen and oxygen atoms in total. The Morgan fingerprint density at radius 2 is 2.00 bits per heavy atom. The fraction of sp³-hybridized carbons (Fsp3) is 0.529. The molecule has 1 aromatic carbocycles. The number of hydrogen-bond donors (Lipinski definition) is 1. The van der Waals surface area contributed by atoms with Crippen LogP contribution in [0, 0.1) is 5.41 Å². The van der Waals surface area contributed by atoms with Gasteiger partial charge in [0.2, 0.25) is 12.3 Å². The molecule has 1 unspecified atom stereocenters. The van der Waals surface area contributed by atoms with Crippen LogP contribution in [0.1, 0.15) is 42.9 Å². The van der Waals surface area contributed by atoms with Gasteiger partial charge < -0.3 is 5.32 Å². The van der Waals surface area contributed by atoms with Crippen LogP contribution in [0.3, 0.4) is 0 Å². The van der Waals surface area contributed by atoms with E-state index >= 15 is 0 Å². The van der Waals surface area contributed by atoms with Gasteiger partial charge in [0, 0.05) is 24.4 Å². The van der Waals surface area contributed by atoms with Gasteiger partial charge in [0.05, 0.1) is 6.04 Å². The highest BCUT2D eigenvalue weighted by molar-refractivity contribution is 9.10. The molecule has 1 spiro atoms. The molecule has 1 atom stereocenters. The molecule has 0 aliphatic heterocycles. The number of urea groups is 1. The lowest BCUT2D eigenvalue weighted by Gasteiger charge is -2.42. The molecule has 0 radical (unpaired) electrons. The highest BCUT2D eigenvalue weighted by Gasteiger charge is 2.52. The Morgan fingerprint density at radius 3 is 2.62 bits per heavy atom. The Bertz CT molecular complexity index is 671. The third kappa shape index (κ3) is 3.06. The molecule has 2 aliphatic rings. The van der Waals surface area contributed by atoms with Crippen molar-refractivity contribution in [1.29, 1.82) is 0 Å². The topological polar surface area (TPSA) is 49.4 Å². The Kier molecular flexibility index (Phi) is 4.40. The van der Waals surface area contributed by atoms with Gasteiger partial charge in [-0.2, -0.15) is 0 Å². The first kappa shape index (κ1) is 17.3. The predicted octanol–water partition coefficient (Wildman–Crippen LogP) is 4.04. The molecule has 0 aromatic heterocycles. The summed E-state index contributed by atoms with van der Waals surface area (Å²) in [5.41, 5.74) is 1.61. The predicted molar refractivity (Wildman–Crippen MR) is 88.8 cm³/mol. The quantitative estimate of drug-likeness (QED) is 0.761. The molecule has 0 saturated heterocycles. The molecule has 130 valence electrons. The second kappa shape index (κ2) is 6.10. The SMILES string of the molecule is CN(C=O)C(=O)NC1c2cc(Br)ccc2CC12CCC(F)(F)CC2. The van der Waals surface area contributed by atoms with Gasteiger partial charge in [-0.25, -0.2) is 13.6 Å². The molecule has 1 N–H and O–H groups in total. The maximum absolute atomic E-state index is 13.7. The largest absolute Gasteiger partial charge is 0.330 e. The molecule has 3 amide bonds. The summed E-state index contributed by atoms with van der Waals surface area (Å²) in [6.45, 7) is 0. The zero-order valence-electron chi connectivity index (χ0n) is 13.3. The maximum atomic E-state index is 13.7. The summed E-state index contributed by atoms with van der Waals surface area (Å²) in [5.74, 6) is -2.63. The number of carbonyl (C=O) groups excluding carboxylic acids is 2.